The lowest BCUT2D eigenvalue weighted by Crippen LogP contribution is -2.07. The Morgan fingerprint density at radius 3 is 2.47 bits per heavy atom. The van der Waals surface area contributed by atoms with Crippen molar-refractivity contribution in [3.63, 3.8) is 0 Å². The van der Waals surface area contributed by atoms with Crippen molar-refractivity contribution in [2.24, 2.45) is 0 Å². The first-order valence-electron chi connectivity index (χ1n) is 4.02. The van der Waals surface area contributed by atoms with E-state index in [1.54, 1.807) is 6.92 Å². The zero-order chi connectivity index (χ0) is 11.6. The van der Waals surface area contributed by atoms with Gasteiger partial charge in [0.2, 0.25) is 0 Å². The van der Waals surface area contributed by atoms with Gasteiger partial charge in [-0.3, -0.25) is 4.18 Å². The van der Waals surface area contributed by atoms with Crippen LogP contribution < -0.4 is 5.73 Å². The molecule has 84 valence electrons. The van der Waals surface area contributed by atoms with Crippen LogP contribution in [0.2, 0.25) is 10.0 Å². The molecular formula is C8H9Cl2NO3S. The van der Waals surface area contributed by atoms with Crippen molar-refractivity contribution in [3.8, 4) is 0 Å². The van der Waals surface area contributed by atoms with Gasteiger partial charge >= 0.3 is 0 Å². The van der Waals surface area contributed by atoms with Gasteiger partial charge in [-0.25, -0.2) is 0 Å². The van der Waals surface area contributed by atoms with E-state index in [1.165, 1.54) is 12.1 Å². The van der Waals surface area contributed by atoms with Crippen LogP contribution in [0.3, 0.4) is 0 Å². The van der Waals surface area contributed by atoms with Crippen LogP contribution in [0.25, 0.3) is 0 Å². The first kappa shape index (κ1) is 12.6. The Morgan fingerprint density at radius 1 is 1.33 bits per heavy atom. The Balaban J connectivity index is 3.33. The minimum absolute atomic E-state index is 0.00894. The van der Waals surface area contributed by atoms with E-state index in [4.69, 9.17) is 28.9 Å². The molecule has 0 saturated carbocycles. The number of nitrogens with two attached hydrogens (primary N) is 1. The maximum absolute atomic E-state index is 11.5. The number of anilines is 1. The third kappa shape index (κ3) is 2.75. The number of hydrogen-bond donors (Lipinski definition) is 1. The fourth-order valence-electron chi connectivity index (χ4n) is 0.954. The van der Waals surface area contributed by atoms with Crippen molar-refractivity contribution >= 4 is 39.0 Å². The molecule has 15 heavy (non-hydrogen) atoms. The van der Waals surface area contributed by atoms with Gasteiger partial charge < -0.3 is 5.73 Å². The standard InChI is InChI=1S/C8H9Cl2NO3S/c1-2-14-15(12,13)8-4-5(9)7(11)3-6(8)10/h3-4H,2,11H2,1H3. The maximum atomic E-state index is 11.5. The molecule has 0 aliphatic heterocycles. The Kier molecular flexibility index (Phi) is 3.83. The van der Waals surface area contributed by atoms with Crippen molar-refractivity contribution in [1.29, 1.82) is 0 Å². The molecule has 1 aromatic rings. The summed E-state index contributed by atoms with van der Waals surface area (Å²) in [5.41, 5.74) is 5.67. The predicted octanol–water partition coefficient (Wildman–Crippen LogP) is 2.30. The van der Waals surface area contributed by atoms with Gasteiger partial charge in [0.15, 0.2) is 0 Å². The zero-order valence-electron chi connectivity index (χ0n) is 7.83. The van der Waals surface area contributed by atoms with Crippen LogP contribution in [0.5, 0.6) is 0 Å². The van der Waals surface area contributed by atoms with Crippen LogP contribution in [0, 0.1) is 0 Å². The zero-order valence-corrected chi connectivity index (χ0v) is 10.2. The molecule has 7 heteroatoms. The fourth-order valence-corrected chi connectivity index (χ4v) is 2.64. The summed E-state index contributed by atoms with van der Waals surface area (Å²) in [6.45, 7) is 1.59. The summed E-state index contributed by atoms with van der Waals surface area (Å²) in [5, 5.41) is 0.114. The second-order valence-electron chi connectivity index (χ2n) is 2.66. The van der Waals surface area contributed by atoms with Gasteiger partial charge in [0.1, 0.15) is 4.90 Å². The smallest absolute Gasteiger partial charge is 0.298 e. The Hall–Kier alpha value is -0.490. The molecule has 1 rings (SSSR count). The molecule has 0 aliphatic rings. The largest absolute Gasteiger partial charge is 0.397 e. The summed E-state index contributed by atoms with van der Waals surface area (Å²) >= 11 is 11.4. The van der Waals surface area contributed by atoms with Crippen LogP contribution in [-0.4, -0.2) is 15.0 Å². The lowest BCUT2D eigenvalue weighted by Gasteiger charge is -2.07. The monoisotopic (exact) mass is 269 g/mol. The normalized spacial score (nSPS) is 11.7. The molecule has 0 fully saturated rings. The van der Waals surface area contributed by atoms with Crippen LogP contribution in [0.1, 0.15) is 6.92 Å². The summed E-state index contributed by atoms with van der Waals surface area (Å²) in [6, 6.07) is 2.44. The molecule has 0 atom stereocenters. The van der Waals surface area contributed by atoms with E-state index >= 15 is 0 Å². The quantitative estimate of drug-likeness (QED) is 0.675. The highest BCUT2D eigenvalue weighted by atomic mass is 35.5. The van der Waals surface area contributed by atoms with E-state index in [9.17, 15) is 8.42 Å². The number of hydrogen-bond acceptors (Lipinski definition) is 4. The van der Waals surface area contributed by atoms with E-state index in [1.807, 2.05) is 0 Å². The Bertz CT molecular complexity index is 473. The molecule has 0 radical (unpaired) electrons. The second kappa shape index (κ2) is 4.57. The molecule has 2 N–H and O–H groups in total. The van der Waals surface area contributed by atoms with Crippen molar-refractivity contribution in [1.82, 2.24) is 0 Å². The summed E-state index contributed by atoms with van der Waals surface area (Å²) in [6.07, 6.45) is 0. The molecule has 0 aliphatic carbocycles. The van der Waals surface area contributed by atoms with Gasteiger partial charge in [-0.1, -0.05) is 23.2 Å². The molecule has 0 heterocycles. The number of benzene rings is 1. The van der Waals surface area contributed by atoms with Crippen molar-refractivity contribution in [2.45, 2.75) is 11.8 Å². The van der Waals surface area contributed by atoms with E-state index in [-0.39, 0.29) is 27.2 Å². The molecular weight excluding hydrogens is 261 g/mol. The lowest BCUT2D eigenvalue weighted by molar-refractivity contribution is 0.338. The van der Waals surface area contributed by atoms with Gasteiger partial charge in [0, 0.05) is 0 Å². The maximum Gasteiger partial charge on any atom is 0.298 e. The van der Waals surface area contributed by atoms with E-state index < -0.39 is 10.1 Å². The topological polar surface area (TPSA) is 69.4 Å². The minimum Gasteiger partial charge on any atom is -0.397 e. The van der Waals surface area contributed by atoms with Gasteiger partial charge in [-0.15, -0.1) is 0 Å². The van der Waals surface area contributed by atoms with Gasteiger partial charge in [-0.2, -0.15) is 8.42 Å². The average molecular weight is 270 g/mol. The highest BCUT2D eigenvalue weighted by molar-refractivity contribution is 7.86. The molecule has 0 bridgehead atoms. The van der Waals surface area contributed by atoms with Crippen LogP contribution in [-0.2, 0) is 14.3 Å². The second-order valence-corrected chi connectivity index (χ2v) is 5.06. The minimum atomic E-state index is -3.85. The molecule has 4 nitrogen and oxygen atoms in total. The first-order chi connectivity index (χ1) is 6.88. The average Bonchev–Trinajstić information content (AvgIpc) is 2.11. The molecule has 0 saturated heterocycles. The molecule has 0 spiro atoms. The van der Waals surface area contributed by atoms with Gasteiger partial charge in [-0.05, 0) is 19.1 Å². The number of halogens is 2. The molecule has 0 aromatic heterocycles. The fraction of sp³-hybridized carbons (Fsp3) is 0.250. The molecule has 0 unspecified atom stereocenters. The van der Waals surface area contributed by atoms with E-state index in [0.717, 1.165) is 0 Å². The van der Waals surface area contributed by atoms with E-state index in [0.29, 0.717) is 0 Å². The van der Waals surface area contributed by atoms with Crippen molar-refractivity contribution < 1.29 is 12.6 Å². The number of nitrogen functional groups attached to an aromatic ring is 1. The molecule has 1 aromatic carbocycles. The summed E-state index contributed by atoms with van der Waals surface area (Å²) in [5.74, 6) is 0. The van der Waals surface area contributed by atoms with Gasteiger partial charge in [0.25, 0.3) is 10.1 Å². The Labute approximate surface area is 98.1 Å². The van der Waals surface area contributed by atoms with Crippen molar-refractivity contribution in [2.75, 3.05) is 12.3 Å². The summed E-state index contributed by atoms with van der Waals surface area (Å²) in [7, 11) is -3.85. The van der Waals surface area contributed by atoms with E-state index in [2.05, 4.69) is 4.18 Å². The number of rotatable bonds is 3. The third-order valence-corrected chi connectivity index (χ3v) is 3.77. The first-order valence-corrected chi connectivity index (χ1v) is 6.19. The lowest BCUT2D eigenvalue weighted by atomic mass is 10.3. The van der Waals surface area contributed by atoms with Crippen LogP contribution >= 0.6 is 23.2 Å². The van der Waals surface area contributed by atoms with Crippen molar-refractivity contribution in [3.05, 3.63) is 22.2 Å². The van der Waals surface area contributed by atoms with Gasteiger partial charge in [0.05, 0.1) is 22.3 Å². The molecule has 0 amide bonds. The Morgan fingerprint density at radius 2 is 1.93 bits per heavy atom. The predicted molar refractivity (Wildman–Crippen MR) is 59.7 cm³/mol. The third-order valence-electron chi connectivity index (χ3n) is 1.59. The summed E-state index contributed by atoms with van der Waals surface area (Å²) < 4.78 is 27.6. The van der Waals surface area contributed by atoms with Crippen LogP contribution in [0.15, 0.2) is 17.0 Å². The SMILES string of the molecule is CCOS(=O)(=O)c1cc(Cl)c(N)cc1Cl. The summed E-state index contributed by atoms with van der Waals surface area (Å²) in [4.78, 5) is -0.176. The highest BCUT2D eigenvalue weighted by Crippen LogP contribution is 2.30. The van der Waals surface area contributed by atoms with Crippen LogP contribution in [0.4, 0.5) is 5.69 Å². The highest BCUT2D eigenvalue weighted by Gasteiger charge is 2.19.